The zero-order chi connectivity index (χ0) is 12.3. The topological polar surface area (TPSA) is 50.2 Å². The Kier molecular flexibility index (Phi) is 4.61. The Bertz CT molecular complexity index is 415. The highest BCUT2D eigenvalue weighted by atomic mass is 79.9. The van der Waals surface area contributed by atoms with E-state index >= 15 is 0 Å². The maximum Gasteiger partial charge on any atom is 0.309 e. The van der Waals surface area contributed by atoms with E-state index in [2.05, 4.69) is 20.9 Å². The minimum absolute atomic E-state index is 0.0103. The molecule has 0 saturated carbocycles. The fourth-order valence-corrected chi connectivity index (χ4v) is 1.84. The first-order valence-corrected chi connectivity index (χ1v) is 5.52. The molecule has 7 heteroatoms. The van der Waals surface area contributed by atoms with E-state index < -0.39 is 12.4 Å². The van der Waals surface area contributed by atoms with Gasteiger partial charge in [-0.15, -0.1) is 11.6 Å². The Hall–Kier alpha value is -0.750. The molecule has 1 N–H and O–H groups in total. The van der Waals surface area contributed by atoms with Gasteiger partial charge in [-0.05, 0) is 22.0 Å². The van der Waals surface area contributed by atoms with Crippen molar-refractivity contribution in [3.05, 3.63) is 27.5 Å². The third kappa shape index (κ3) is 3.12. The van der Waals surface area contributed by atoms with Gasteiger partial charge in [0.1, 0.15) is 0 Å². The predicted octanol–water partition coefficient (Wildman–Crippen LogP) is 3.15. The zero-order valence-electron chi connectivity index (χ0n) is 7.88. The van der Waals surface area contributed by atoms with Crippen molar-refractivity contribution in [3.8, 4) is 0 Å². The van der Waals surface area contributed by atoms with Gasteiger partial charge in [0, 0.05) is 10.0 Å². The van der Waals surface area contributed by atoms with Crippen molar-refractivity contribution in [1.82, 2.24) is 4.98 Å². The van der Waals surface area contributed by atoms with Crippen molar-refractivity contribution in [2.45, 2.75) is 18.7 Å². The van der Waals surface area contributed by atoms with Crippen molar-refractivity contribution in [1.29, 1.82) is 0 Å². The van der Waals surface area contributed by atoms with Crippen molar-refractivity contribution < 1.29 is 18.7 Å². The number of nitrogens with zero attached hydrogens (tertiary/aromatic N) is 1. The summed E-state index contributed by atoms with van der Waals surface area (Å²) in [6.07, 6.45) is -3.02. The Morgan fingerprint density at radius 3 is 2.62 bits per heavy atom. The molecule has 0 radical (unpaired) electrons. The molecule has 1 heterocycles. The number of carbonyl (C=O) groups is 1. The normalized spacial score (nSPS) is 10.8. The molecule has 1 aromatic heterocycles. The summed E-state index contributed by atoms with van der Waals surface area (Å²) in [5, 5.41) is 8.59. The van der Waals surface area contributed by atoms with E-state index in [1.54, 1.807) is 0 Å². The van der Waals surface area contributed by atoms with Gasteiger partial charge in [-0.1, -0.05) is 0 Å². The van der Waals surface area contributed by atoms with Crippen molar-refractivity contribution in [3.63, 3.8) is 0 Å². The lowest BCUT2D eigenvalue weighted by Gasteiger charge is -2.09. The molecule has 1 aromatic rings. The molecule has 88 valence electrons. The molecule has 1 rings (SSSR count). The summed E-state index contributed by atoms with van der Waals surface area (Å²) >= 11 is 8.48. The summed E-state index contributed by atoms with van der Waals surface area (Å²) in [4.78, 5) is 14.3. The molecule has 0 saturated heterocycles. The molecule has 3 nitrogen and oxygen atoms in total. The SMILES string of the molecule is O=C(O)Cc1nc(CCl)c(C(F)F)cc1Br. The van der Waals surface area contributed by atoms with Gasteiger partial charge < -0.3 is 5.11 Å². The number of aromatic nitrogens is 1. The van der Waals surface area contributed by atoms with Gasteiger partial charge in [0.05, 0.1) is 23.7 Å². The number of hydrogen-bond donors (Lipinski definition) is 1. The van der Waals surface area contributed by atoms with Gasteiger partial charge in [-0.3, -0.25) is 9.78 Å². The molecule has 0 spiro atoms. The fourth-order valence-electron chi connectivity index (χ4n) is 1.15. The lowest BCUT2D eigenvalue weighted by atomic mass is 10.1. The zero-order valence-corrected chi connectivity index (χ0v) is 10.2. The molecule has 16 heavy (non-hydrogen) atoms. The van der Waals surface area contributed by atoms with Crippen LogP contribution in [0.2, 0.25) is 0 Å². The van der Waals surface area contributed by atoms with Crippen LogP contribution < -0.4 is 0 Å². The minimum Gasteiger partial charge on any atom is -0.481 e. The van der Waals surface area contributed by atoms with Crippen LogP contribution in [0, 0.1) is 0 Å². The molecule has 0 aliphatic rings. The highest BCUT2D eigenvalue weighted by molar-refractivity contribution is 9.10. The summed E-state index contributed by atoms with van der Waals surface area (Å²) in [5.41, 5.74) is -0.0836. The molecule has 0 unspecified atom stereocenters. The fraction of sp³-hybridized carbons (Fsp3) is 0.333. The molecule has 0 aliphatic carbocycles. The first-order chi connectivity index (χ1) is 7.45. The summed E-state index contributed by atoms with van der Waals surface area (Å²) in [6, 6.07) is 1.16. The van der Waals surface area contributed by atoms with E-state index in [4.69, 9.17) is 16.7 Å². The number of carboxylic acid groups (broad SMARTS) is 1. The van der Waals surface area contributed by atoms with Crippen LogP contribution in [-0.2, 0) is 17.1 Å². The molecule has 0 bridgehead atoms. The van der Waals surface area contributed by atoms with E-state index in [9.17, 15) is 13.6 Å². The van der Waals surface area contributed by atoms with Crippen molar-refractivity contribution >= 4 is 33.5 Å². The average Bonchev–Trinajstić information content (AvgIpc) is 2.19. The van der Waals surface area contributed by atoms with Crippen LogP contribution in [-0.4, -0.2) is 16.1 Å². The lowest BCUT2D eigenvalue weighted by Crippen LogP contribution is -2.07. The quantitative estimate of drug-likeness (QED) is 0.869. The Morgan fingerprint density at radius 1 is 1.56 bits per heavy atom. The third-order valence-electron chi connectivity index (χ3n) is 1.84. The molecular formula is C9H7BrClF2NO2. The van der Waals surface area contributed by atoms with E-state index in [1.165, 1.54) is 0 Å². The smallest absolute Gasteiger partial charge is 0.309 e. The van der Waals surface area contributed by atoms with E-state index in [0.29, 0.717) is 0 Å². The largest absolute Gasteiger partial charge is 0.481 e. The van der Waals surface area contributed by atoms with Crippen molar-refractivity contribution in [2.75, 3.05) is 0 Å². The Labute approximate surface area is 104 Å². The van der Waals surface area contributed by atoms with E-state index in [1.807, 2.05) is 0 Å². The maximum absolute atomic E-state index is 12.6. The number of aliphatic carboxylic acids is 1. The molecular weight excluding hydrogens is 307 g/mol. The highest BCUT2D eigenvalue weighted by Crippen LogP contribution is 2.28. The molecule has 0 fully saturated rings. The second-order valence-corrected chi connectivity index (χ2v) is 4.08. The van der Waals surface area contributed by atoms with Crippen LogP contribution >= 0.6 is 27.5 Å². The number of alkyl halides is 3. The first kappa shape index (κ1) is 13.3. The van der Waals surface area contributed by atoms with Crippen LogP contribution in [0.5, 0.6) is 0 Å². The van der Waals surface area contributed by atoms with Crippen LogP contribution in [0.15, 0.2) is 10.5 Å². The molecule has 0 atom stereocenters. The third-order valence-corrected chi connectivity index (χ3v) is 2.78. The Balaban J connectivity index is 3.20. The number of halogens is 4. The summed E-state index contributed by atoms with van der Waals surface area (Å²) in [7, 11) is 0. The number of carboxylic acids is 1. The highest BCUT2D eigenvalue weighted by Gasteiger charge is 2.18. The number of hydrogen-bond acceptors (Lipinski definition) is 2. The monoisotopic (exact) mass is 313 g/mol. The van der Waals surface area contributed by atoms with Crippen LogP contribution in [0.4, 0.5) is 8.78 Å². The van der Waals surface area contributed by atoms with Crippen molar-refractivity contribution in [2.24, 2.45) is 0 Å². The average molecular weight is 315 g/mol. The van der Waals surface area contributed by atoms with Crippen LogP contribution in [0.3, 0.4) is 0 Å². The van der Waals surface area contributed by atoms with Gasteiger partial charge >= 0.3 is 5.97 Å². The van der Waals surface area contributed by atoms with Gasteiger partial charge in [0.2, 0.25) is 0 Å². The standard InChI is InChI=1S/C9H7BrClF2NO2/c10-5-1-4(9(12)13)7(3-11)14-6(5)2-8(15)16/h1,9H,2-3H2,(H,15,16). The van der Waals surface area contributed by atoms with Gasteiger partial charge in [-0.25, -0.2) is 8.78 Å². The summed E-state index contributed by atoms with van der Waals surface area (Å²) in [5.74, 6) is -1.27. The summed E-state index contributed by atoms with van der Waals surface area (Å²) in [6.45, 7) is 0. The molecule has 0 aromatic carbocycles. The lowest BCUT2D eigenvalue weighted by molar-refractivity contribution is -0.136. The van der Waals surface area contributed by atoms with Gasteiger partial charge in [-0.2, -0.15) is 0 Å². The molecule has 0 amide bonds. The summed E-state index contributed by atoms with van der Waals surface area (Å²) < 4.78 is 25.4. The van der Waals surface area contributed by atoms with Gasteiger partial charge in [0.15, 0.2) is 0 Å². The maximum atomic E-state index is 12.6. The number of pyridine rings is 1. The second-order valence-electron chi connectivity index (χ2n) is 2.96. The number of rotatable bonds is 4. The van der Waals surface area contributed by atoms with E-state index in [-0.39, 0.29) is 33.7 Å². The second kappa shape index (κ2) is 5.54. The first-order valence-electron chi connectivity index (χ1n) is 4.19. The Morgan fingerprint density at radius 2 is 2.19 bits per heavy atom. The predicted molar refractivity (Wildman–Crippen MR) is 57.8 cm³/mol. The van der Waals surface area contributed by atoms with Crippen LogP contribution in [0.1, 0.15) is 23.4 Å². The minimum atomic E-state index is -2.68. The molecule has 0 aliphatic heterocycles. The van der Waals surface area contributed by atoms with E-state index in [0.717, 1.165) is 6.07 Å². The van der Waals surface area contributed by atoms with Gasteiger partial charge in [0.25, 0.3) is 6.43 Å². The van der Waals surface area contributed by atoms with Crippen LogP contribution in [0.25, 0.3) is 0 Å².